The summed E-state index contributed by atoms with van der Waals surface area (Å²) in [6, 6.07) is 4.14. The molecule has 0 amide bonds. The van der Waals surface area contributed by atoms with Gasteiger partial charge in [0.1, 0.15) is 0 Å². The second-order valence-corrected chi connectivity index (χ2v) is 5.42. The van der Waals surface area contributed by atoms with Crippen LogP contribution < -0.4 is 5.32 Å². The van der Waals surface area contributed by atoms with E-state index < -0.39 is 0 Å². The highest BCUT2D eigenvalue weighted by molar-refractivity contribution is 9.10. The van der Waals surface area contributed by atoms with Gasteiger partial charge in [0.15, 0.2) is 10.4 Å². The second kappa shape index (κ2) is 4.85. The molecule has 5 nitrogen and oxygen atoms in total. The van der Waals surface area contributed by atoms with Crippen LogP contribution in [0.2, 0.25) is 0 Å². The van der Waals surface area contributed by atoms with Crippen molar-refractivity contribution in [1.82, 2.24) is 15.5 Å². The second-order valence-electron chi connectivity index (χ2n) is 4.64. The van der Waals surface area contributed by atoms with Crippen LogP contribution >= 0.6 is 15.9 Å². The zero-order valence-electron chi connectivity index (χ0n) is 10.0. The lowest BCUT2D eigenvalue weighted by Gasteiger charge is -2.25. The molecule has 0 aliphatic carbocycles. The number of nitrogens with one attached hydrogen (secondary N) is 1. The summed E-state index contributed by atoms with van der Waals surface area (Å²) < 4.78 is 11.4. The summed E-state index contributed by atoms with van der Waals surface area (Å²) >= 11 is 3.26. The molecule has 1 aliphatic rings. The number of piperidine rings is 1. The lowest BCUT2D eigenvalue weighted by Crippen LogP contribution is -2.34. The van der Waals surface area contributed by atoms with Gasteiger partial charge in [0.05, 0.1) is 0 Å². The third-order valence-electron chi connectivity index (χ3n) is 3.21. The van der Waals surface area contributed by atoms with Crippen LogP contribution in [0.15, 0.2) is 25.7 Å². The van der Waals surface area contributed by atoms with Gasteiger partial charge in [-0.1, -0.05) is 5.16 Å². The summed E-state index contributed by atoms with van der Waals surface area (Å²) in [6.07, 6.45) is 2.07. The minimum absolute atomic E-state index is 0.348. The van der Waals surface area contributed by atoms with Crippen molar-refractivity contribution in [2.75, 3.05) is 6.54 Å². The van der Waals surface area contributed by atoms with Gasteiger partial charge in [-0.2, -0.15) is 4.98 Å². The minimum Gasteiger partial charge on any atom is -0.446 e. The Kier molecular flexibility index (Phi) is 3.22. The van der Waals surface area contributed by atoms with Gasteiger partial charge in [0.2, 0.25) is 11.7 Å². The van der Waals surface area contributed by atoms with E-state index in [1.807, 2.05) is 12.1 Å². The molecule has 6 heteroatoms. The molecule has 1 fully saturated rings. The molecule has 2 aromatic heterocycles. The van der Waals surface area contributed by atoms with Crippen molar-refractivity contribution < 1.29 is 8.94 Å². The van der Waals surface area contributed by atoms with E-state index in [9.17, 15) is 0 Å². The summed E-state index contributed by atoms with van der Waals surface area (Å²) in [5.74, 6) is 2.20. The molecule has 2 atom stereocenters. The van der Waals surface area contributed by atoms with Crippen molar-refractivity contribution in [3.63, 3.8) is 0 Å². The number of halogens is 1. The quantitative estimate of drug-likeness (QED) is 0.923. The molecule has 0 radical (unpaired) electrons. The van der Waals surface area contributed by atoms with Crippen LogP contribution in [0.25, 0.3) is 11.6 Å². The van der Waals surface area contributed by atoms with Gasteiger partial charge in [-0.05, 0) is 54.4 Å². The number of hydrogen-bond acceptors (Lipinski definition) is 5. The van der Waals surface area contributed by atoms with Gasteiger partial charge in [0, 0.05) is 12.0 Å². The number of hydrogen-bond donors (Lipinski definition) is 1. The van der Waals surface area contributed by atoms with E-state index >= 15 is 0 Å². The van der Waals surface area contributed by atoms with Crippen LogP contribution in [0, 0.1) is 0 Å². The highest BCUT2D eigenvalue weighted by atomic mass is 79.9. The lowest BCUT2D eigenvalue weighted by molar-refractivity contribution is 0.295. The van der Waals surface area contributed by atoms with E-state index in [1.54, 1.807) is 0 Å². The average Bonchev–Trinajstić information content (AvgIpc) is 2.97. The van der Waals surface area contributed by atoms with E-state index in [1.165, 1.54) is 0 Å². The van der Waals surface area contributed by atoms with Crippen LogP contribution in [0.1, 0.15) is 31.6 Å². The van der Waals surface area contributed by atoms with Gasteiger partial charge in [-0.25, -0.2) is 0 Å². The van der Waals surface area contributed by atoms with Crippen molar-refractivity contribution in [2.45, 2.75) is 31.7 Å². The molecule has 3 rings (SSSR count). The number of furan rings is 1. The maximum Gasteiger partial charge on any atom is 0.238 e. The Bertz CT molecular complexity index is 537. The molecule has 0 spiro atoms. The zero-order valence-corrected chi connectivity index (χ0v) is 11.6. The van der Waals surface area contributed by atoms with Gasteiger partial charge in [-0.3, -0.25) is 0 Å². The van der Waals surface area contributed by atoms with E-state index in [0.717, 1.165) is 19.4 Å². The lowest BCUT2D eigenvalue weighted by atomic mass is 9.93. The Morgan fingerprint density at radius 1 is 1.44 bits per heavy atom. The fourth-order valence-corrected chi connectivity index (χ4v) is 2.60. The van der Waals surface area contributed by atoms with Gasteiger partial charge >= 0.3 is 0 Å². The Hall–Kier alpha value is -1.14. The first kappa shape index (κ1) is 11.9. The third kappa shape index (κ3) is 2.35. The molecule has 1 saturated heterocycles. The number of rotatable bonds is 2. The van der Waals surface area contributed by atoms with Crippen molar-refractivity contribution in [1.29, 1.82) is 0 Å². The molecular weight excluding hydrogens is 298 g/mol. The topological polar surface area (TPSA) is 64.1 Å². The van der Waals surface area contributed by atoms with Gasteiger partial charge < -0.3 is 14.3 Å². The van der Waals surface area contributed by atoms with Gasteiger partial charge in [0.25, 0.3) is 0 Å². The Labute approximate surface area is 113 Å². The monoisotopic (exact) mass is 311 g/mol. The molecule has 0 bridgehead atoms. The van der Waals surface area contributed by atoms with Crippen molar-refractivity contribution in [3.05, 3.63) is 22.7 Å². The van der Waals surface area contributed by atoms with Crippen LogP contribution in [-0.4, -0.2) is 22.7 Å². The molecule has 3 heterocycles. The van der Waals surface area contributed by atoms with E-state index in [2.05, 4.69) is 38.3 Å². The summed E-state index contributed by atoms with van der Waals surface area (Å²) in [5, 5.41) is 7.39. The molecule has 0 aromatic carbocycles. The molecule has 0 saturated carbocycles. The Morgan fingerprint density at radius 3 is 3.06 bits per heavy atom. The SMILES string of the molecule is C[C@H]1C[C@@H](c2nc(-c3ccc(Br)o3)no2)CCN1. The Morgan fingerprint density at radius 2 is 2.33 bits per heavy atom. The van der Waals surface area contributed by atoms with E-state index in [0.29, 0.717) is 34.1 Å². The molecular formula is C12H14BrN3O2. The molecule has 1 aliphatic heterocycles. The van der Waals surface area contributed by atoms with Crippen LogP contribution in [-0.2, 0) is 0 Å². The predicted octanol–water partition coefficient (Wildman–Crippen LogP) is 2.95. The normalized spacial score (nSPS) is 24.3. The number of nitrogens with zero attached hydrogens (tertiary/aromatic N) is 2. The zero-order chi connectivity index (χ0) is 12.5. The minimum atomic E-state index is 0.348. The highest BCUT2D eigenvalue weighted by Crippen LogP contribution is 2.29. The first-order valence-corrected chi connectivity index (χ1v) is 6.84. The van der Waals surface area contributed by atoms with Crippen LogP contribution in [0.4, 0.5) is 0 Å². The first-order valence-electron chi connectivity index (χ1n) is 6.05. The maximum atomic E-state index is 5.41. The molecule has 18 heavy (non-hydrogen) atoms. The smallest absolute Gasteiger partial charge is 0.238 e. The van der Waals surface area contributed by atoms with E-state index in [4.69, 9.17) is 8.94 Å². The maximum absolute atomic E-state index is 5.41. The fraction of sp³-hybridized carbons (Fsp3) is 0.500. The van der Waals surface area contributed by atoms with E-state index in [-0.39, 0.29) is 0 Å². The standard InChI is InChI=1S/C12H14BrN3O2/c1-7-6-8(4-5-14-7)12-15-11(16-18-12)9-2-3-10(13)17-9/h2-3,7-8,14H,4-6H2,1H3/t7-,8-/m0/s1. The summed E-state index contributed by atoms with van der Waals surface area (Å²) in [5.41, 5.74) is 0. The Balaban J connectivity index is 1.80. The predicted molar refractivity (Wildman–Crippen MR) is 69.1 cm³/mol. The van der Waals surface area contributed by atoms with Crippen LogP contribution in [0.3, 0.4) is 0 Å². The highest BCUT2D eigenvalue weighted by Gasteiger charge is 2.25. The molecule has 0 unspecified atom stereocenters. The molecule has 96 valence electrons. The number of aromatic nitrogens is 2. The third-order valence-corrected chi connectivity index (χ3v) is 3.63. The molecule has 2 aromatic rings. The summed E-state index contributed by atoms with van der Waals surface area (Å²) in [7, 11) is 0. The largest absolute Gasteiger partial charge is 0.446 e. The summed E-state index contributed by atoms with van der Waals surface area (Å²) in [6.45, 7) is 3.17. The first-order chi connectivity index (χ1) is 8.72. The average molecular weight is 312 g/mol. The summed E-state index contributed by atoms with van der Waals surface area (Å²) in [4.78, 5) is 4.43. The van der Waals surface area contributed by atoms with Crippen molar-refractivity contribution in [2.24, 2.45) is 0 Å². The fourth-order valence-electron chi connectivity index (χ4n) is 2.29. The van der Waals surface area contributed by atoms with Gasteiger partial charge in [-0.15, -0.1) is 0 Å². The van der Waals surface area contributed by atoms with Crippen molar-refractivity contribution >= 4 is 15.9 Å². The molecule has 1 N–H and O–H groups in total. The van der Waals surface area contributed by atoms with Crippen molar-refractivity contribution in [3.8, 4) is 11.6 Å². The van der Waals surface area contributed by atoms with Crippen LogP contribution in [0.5, 0.6) is 0 Å².